The third-order valence-corrected chi connectivity index (χ3v) is 3.69. The van der Waals surface area contributed by atoms with E-state index in [1.807, 2.05) is 13.8 Å². The lowest BCUT2D eigenvalue weighted by Crippen LogP contribution is -2.33. The Morgan fingerprint density at radius 1 is 1.17 bits per heavy atom. The first-order chi connectivity index (χ1) is 11.5. The van der Waals surface area contributed by atoms with Gasteiger partial charge < -0.3 is 14.7 Å². The lowest BCUT2D eigenvalue weighted by molar-refractivity contribution is 0.0689. The maximum atomic E-state index is 12.4. The maximum Gasteiger partial charge on any atom is 0.410 e. The van der Waals surface area contributed by atoms with E-state index >= 15 is 0 Å². The van der Waals surface area contributed by atoms with Crippen molar-refractivity contribution in [2.24, 2.45) is 5.92 Å². The fourth-order valence-corrected chi connectivity index (χ4v) is 2.37. The molecule has 0 aliphatic heterocycles. The summed E-state index contributed by atoms with van der Waals surface area (Å²) < 4.78 is 5.33. The summed E-state index contributed by atoms with van der Waals surface area (Å²) in [6.07, 6.45) is 3.81. The Labute approximate surface area is 144 Å². The third-order valence-electron chi connectivity index (χ3n) is 3.69. The Balaban J connectivity index is 2.80. The highest BCUT2D eigenvalue weighted by Gasteiger charge is 2.19. The molecule has 1 amide bonds. The first-order valence-corrected chi connectivity index (χ1v) is 8.68. The van der Waals surface area contributed by atoms with Gasteiger partial charge >= 0.3 is 12.1 Å². The SMILES string of the molecule is CCCCCCN(Cc1ccccc1C(=O)O)C(=O)OCC(C)C. The zero-order chi connectivity index (χ0) is 17.9. The molecule has 0 heterocycles. The van der Waals surface area contributed by atoms with Crippen molar-refractivity contribution in [2.75, 3.05) is 13.2 Å². The second-order valence-corrected chi connectivity index (χ2v) is 6.42. The van der Waals surface area contributed by atoms with Crippen LogP contribution in [0, 0.1) is 5.92 Å². The molecule has 0 unspecified atom stereocenters. The highest BCUT2D eigenvalue weighted by atomic mass is 16.6. The molecule has 5 nitrogen and oxygen atoms in total. The topological polar surface area (TPSA) is 66.8 Å². The Morgan fingerprint density at radius 2 is 1.88 bits per heavy atom. The van der Waals surface area contributed by atoms with Crippen molar-refractivity contribution in [1.29, 1.82) is 0 Å². The van der Waals surface area contributed by atoms with E-state index in [4.69, 9.17) is 4.74 Å². The van der Waals surface area contributed by atoms with E-state index in [0.717, 1.165) is 25.7 Å². The van der Waals surface area contributed by atoms with Crippen molar-refractivity contribution in [3.05, 3.63) is 35.4 Å². The Bertz CT molecular complexity index is 528. The van der Waals surface area contributed by atoms with Gasteiger partial charge in [0.05, 0.1) is 12.2 Å². The van der Waals surface area contributed by atoms with Gasteiger partial charge in [-0.1, -0.05) is 58.2 Å². The fourth-order valence-electron chi connectivity index (χ4n) is 2.37. The van der Waals surface area contributed by atoms with Gasteiger partial charge in [-0.15, -0.1) is 0 Å². The molecule has 0 aromatic heterocycles. The van der Waals surface area contributed by atoms with Crippen LogP contribution in [-0.2, 0) is 11.3 Å². The molecule has 0 bridgehead atoms. The maximum absolute atomic E-state index is 12.4. The Kier molecular flexibility index (Phi) is 8.90. The van der Waals surface area contributed by atoms with Crippen molar-refractivity contribution in [3.63, 3.8) is 0 Å². The van der Waals surface area contributed by atoms with E-state index < -0.39 is 5.97 Å². The van der Waals surface area contributed by atoms with E-state index in [0.29, 0.717) is 18.7 Å². The van der Waals surface area contributed by atoms with Crippen LogP contribution in [-0.4, -0.2) is 35.2 Å². The van der Waals surface area contributed by atoms with Gasteiger partial charge in [0, 0.05) is 13.1 Å². The van der Waals surface area contributed by atoms with Crippen LogP contribution in [0.3, 0.4) is 0 Å². The van der Waals surface area contributed by atoms with Crippen LogP contribution < -0.4 is 0 Å². The van der Waals surface area contributed by atoms with Crippen LogP contribution in [0.25, 0.3) is 0 Å². The van der Waals surface area contributed by atoms with Crippen LogP contribution in [0.5, 0.6) is 0 Å². The largest absolute Gasteiger partial charge is 0.478 e. The number of unbranched alkanes of at least 4 members (excludes halogenated alkanes) is 3. The second-order valence-electron chi connectivity index (χ2n) is 6.42. The molecular formula is C19H29NO4. The zero-order valence-corrected chi connectivity index (χ0v) is 15.0. The van der Waals surface area contributed by atoms with Gasteiger partial charge in [0.2, 0.25) is 0 Å². The second kappa shape index (κ2) is 10.7. The van der Waals surface area contributed by atoms with Crippen LogP contribution >= 0.6 is 0 Å². The number of ether oxygens (including phenoxy) is 1. The molecule has 0 radical (unpaired) electrons. The van der Waals surface area contributed by atoms with Crippen LogP contribution in [0.2, 0.25) is 0 Å². The number of carboxylic acid groups (broad SMARTS) is 1. The quantitative estimate of drug-likeness (QED) is 0.637. The number of amides is 1. The zero-order valence-electron chi connectivity index (χ0n) is 15.0. The highest BCUT2D eigenvalue weighted by Crippen LogP contribution is 2.14. The summed E-state index contributed by atoms with van der Waals surface area (Å²) in [5.41, 5.74) is 0.856. The lowest BCUT2D eigenvalue weighted by atomic mass is 10.1. The van der Waals surface area contributed by atoms with Crippen molar-refractivity contribution < 1.29 is 19.4 Å². The summed E-state index contributed by atoms with van der Waals surface area (Å²) in [7, 11) is 0. The molecular weight excluding hydrogens is 306 g/mol. The summed E-state index contributed by atoms with van der Waals surface area (Å²) in [5, 5.41) is 9.30. The third kappa shape index (κ3) is 7.02. The summed E-state index contributed by atoms with van der Waals surface area (Å²) in [6.45, 7) is 7.30. The van der Waals surface area contributed by atoms with Gasteiger partial charge in [-0.25, -0.2) is 9.59 Å². The summed E-state index contributed by atoms with van der Waals surface area (Å²) >= 11 is 0. The number of rotatable bonds is 10. The minimum absolute atomic E-state index is 0.229. The van der Waals surface area contributed by atoms with Crippen LogP contribution in [0.15, 0.2) is 24.3 Å². The number of hydrogen-bond donors (Lipinski definition) is 1. The van der Waals surface area contributed by atoms with Gasteiger partial charge in [-0.05, 0) is 24.0 Å². The van der Waals surface area contributed by atoms with E-state index in [2.05, 4.69) is 6.92 Å². The molecule has 0 atom stereocenters. The van der Waals surface area contributed by atoms with Crippen molar-refractivity contribution in [2.45, 2.75) is 53.0 Å². The number of hydrogen-bond acceptors (Lipinski definition) is 3. The van der Waals surface area contributed by atoms with Gasteiger partial charge in [0.15, 0.2) is 0 Å². The summed E-state index contributed by atoms with van der Waals surface area (Å²) in [6, 6.07) is 6.79. The molecule has 0 fully saturated rings. The smallest absolute Gasteiger partial charge is 0.410 e. The average molecular weight is 335 g/mol. The average Bonchev–Trinajstić information content (AvgIpc) is 2.55. The Morgan fingerprint density at radius 3 is 2.50 bits per heavy atom. The van der Waals surface area contributed by atoms with E-state index in [-0.39, 0.29) is 24.1 Å². The van der Waals surface area contributed by atoms with E-state index in [1.54, 1.807) is 29.2 Å². The molecule has 0 saturated carbocycles. The van der Waals surface area contributed by atoms with Crippen molar-refractivity contribution >= 4 is 12.1 Å². The predicted octanol–water partition coefficient (Wildman–Crippen LogP) is 4.56. The van der Waals surface area contributed by atoms with E-state index in [1.165, 1.54) is 0 Å². The number of benzene rings is 1. The molecule has 0 aliphatic carbocycles. The first-order valence-electron chi connectivity index (χ1n) is 8.68. The molecule has 1 N–H and O–H groups in total. The fraction of sp³-hybridized carbons (Fsp3) is 0.579. The highest BCUT2D eigenvalue weighted by molar-refractivity contribution is 5.89. The number of carbonyl (C=O) groups excluding carboxylic acids is 1. The van der Waals surface area contributed by atoms with Crippen LogP contribution in [0.1, 0.15) is 62.4 Å². The lowest BCUT2D eigenvalue weighted by Gasteiger charge is -2.23. The van der Waals surface area contributed by atoms with Gasteiger partial charge in [0.25, 0.3) is 0 Å². The molecule has 0 aliphatic rings. The van der Waals surface area contributed by atoms with Crippen molar-refractivity contribution in [3.8, 4) is 0 Å². The molecule has 134 valence electrons. The number of carboxylic acids is 1. The van der Waals surface area contributed by atoms with Crippen molar-refractivity contribution in [1.82, 2.24) is 4.90 Å². The molecule has 1 rings (SSSR count). The molecule has 5 heteroatoms. The minimum Gasteiger partial charge on any atom is -0.478 e. The molecule has 0 spiro atoms. The van der Waals surface area contributed by atoms with Gasteiger partial charge in [0.1, 0.15) is 0 Å². The monoisotopic (exact) mass is 335 g/mol. The normalized spacial score (nSPS) is 10.7. The van der Waals surface area contributed by atoms with Gasteiger partial charge in [-0.2, -0.15) is 0 Å². The standard InChI is InChI=1S/C19H29NO4/c1-4-5-6-9-12-20(19(23)24-14-15(2)3)13-16-10-7-8-11-17(16)18(21)22/h7-8,10-11,15H,4-6,9,12-14H2,1-3H3,(H,21,22). The minimum atomic E-state index is -0.980. The van der Waals surface area contributed by atoms with Gasteiger partial charge in [-0.3, -0.25) is 0 Å². The first kappa shape index (κ1) is 20.0. The number of aromatic carboxylic acids is 1. The summed E-state index contributed by atoms with van der Waals surface area (Å²) in [4.78, 5) is 25.3. The molecule has 24 heavy (non-hydrogen) atoms. The summed E-state index contributed by atoms with van der Waals surface area (Å²) in [5.74, 6) is -0.714. The number of carbonyl (C=O) groups is 2. The number of nitrogens with zero attached hydrogens (tertiary/aromatic N) is 1. The molecule has 0 saturated heterocycles. The molecule has 1 aromatic carbocycles. The predicted molar refractivity (Wildman–Crippen MR) is 94.1 cm³/mol. The van der Waals surface area contributed by atoms with E-state index in [9.17, 15) is 14.7 Å². The Hall–Kier alpha value is -2.04. The van der Waals surface area contributed by atoms with Crippen LogP contribution in [0.4, 0.5) is 4.79 Å². The molecule has 1 aromatic rings.